The van der Waals surface area contributed by atoms with Crippen molar-refractivity contribution in [3.05, 3.63) is 34.3 Å². The second-order valence-corrected chi connectivity index (χ2v) is 4.99. The lowest BCUT2D eigenvalue weighted by atomic mass is 9.83. The number of nitrogens with two attached hydrogens (primary N) is 1. The van der Waals surface area contributed by atoms with Gasteiger partial charge in [0.15, 0.2) is 0 Å². The summed E-state index contributed by atoms with van der Waals surface area (Å²) in [4.78, 5) is 0. The average molecular weight is 270 g/mol. The van der Waals surface area contributed by atoms with Crippen molar-refractivity contribution in [1.82, 2.24) is 0 Å². The van der Waals surface area contributed by atoms with Gasteiger partial charge in [0.25, 0.3) is 0 Å². The fourth-order valence-electron chi connectivity index (χ4n) is 2.15. The highest BCUT2D eigenvalue weighted by atomic mass is 79.9. The van der Waals surface area contributed by atoms with Gasteiger partial charge in [0.1, 0.15) is 0 Å². The number of benzene rings is 1. The molecule has 1 rings (SSSR count). The zero-order chi connectivity index (χ0) is 11.3. The van der Waals surface area contributed by atoms with E-state index in [2.05, 4.69) is 48.0 Å². The highest BCUT2D eigenvalue weighted by molar-refractivity contribution is 9.10. The Hall–Kier alpha value is -0.340. The van der Waals surface area contributed by atoms with Crippen molar-refractivity contribution in [2.75, 3.05) is 0 Å². The number of rotatable bonds is 5. The highest BCUT2D eigenvalue weighted by Crippen LogP contribution is 2.33. The van der Waals surface area contributed by atoms with Crippen molar-refractivity contribution < 1.29 is 0 Å². The molecule has 84 valence electrons. The predicted molar refractivity (Wildman–Crippen MR) is 69.8 cm³/mol. The topological polar surface area (TPSA) is 26.0 Å². The Morgan fingerprint density at radius 3 is 2.13 bits per heavy atom. The number of halogens is 1. The van der Waals surface area contributed by atoms with Crippen molar-refractivity contribution in [2.45, 2.75) is 45.1 Å². The van der Waals surface area contributed by atoms with Crippen LogP contribution >= 0.6 is 15.9 Å². The lowest BCUT2D eigenvalue weighted by molar-refractivity contribution is 0.368. The molecule has 0 radical (unpaired) electrons. The molecule has 0 bridgehead atoms. The van der Waals surface area contributed by atoms with Crippen LogP contribution in [-0.2, 0) is 5.54 Å². The minimum absolute atomic E-state index is 0.163. The van der Waals surface area contributed by atoms with Gasteiger partial charge in [-0.15, -0.1) is 0 Å². The quantitative estimate of drug-likeness (QED) is 0.852. The van der Waals surface area contributed by atoms with Crippen LogP contribution in [0.3, 0.4) is 0 Å². The van der Waals surface area contributed by atoms with E-state index in [1.807, 2.05) is 6.07 Å². The van der Waals surface area contributed by atoms with Crippen LogP contribution in [0.2, 0.25) is 0 Å². The molecule has 0 aromatic heterocycles. The molecule has 0 saturated heterocycles. The van der Waals surface area contributed by atoms with E-state index in [-0.39, 0.29) is 5.54 Å². The molecule has 0 spiro atoms. The summed E-state index contributed by atoms with van der Waals surface area (Å²) in [7, 11) is 0. The third-order valence-corrected chi connectivity index (χ3v) is 3.49. The number of hydrogen-bond donors (Lipinski definition) is 1. The molecule has 0 aliphatic carbocycles. The first kappa shape index (κ1) is 12.7. The zero-order valence-electron chi connectivity index (χ0n) is 9.59. The first-order chi connectivity index (χ1) is 7.14. The molecule has 1 nitrogen and oxygen atoms in total. The van der Waals surface area contributed by atoms with Gasteiger partial charge in [0.2, 0.25) is 0 Å². The molecule has 0 aliphatic rings. The minimum atomic E-state index is -0.163. The molecule has 15 heavy (non-hydrogen) atoms. The Labute approximate surface area is 101 Å². The van der Waals surface area contributed by atoms with E-state index in [0.717, 1.165) is 30.2 Å². The summed E-state index contributed by atoms with van der Waals surface area (Å²) in [6.45, 7) is 4.38. The van der Waals surface area contributed by atoms with Gasteiger partial charge in [-0.05, 0) is 24.5 Å². The summed E-state index contributed by atoms with van der Waals surface area (Å²) in [5.41, 5.74) is 7.59. The van der Waals surface area contributed by atoms with Crippen molar-refractivity contribution >= 4 is 15.9 Å². The van der Waals surface area contributed by atoms with Crippen LogP contribution in [0, 0.1) is 0 Å². The molecular formula is C13H20BrN. The van der Waals surface area contributed by atoms with E-state index < -0.39 is 0 Å². The van der Waals surface area contributed by atoms with E-state index >= 15 is 0 Å². The third-order valence-electron chi connectivity index (χ3n) is 2.80. The van der Waals surface area contributed by atoms with E-state index in [1.165, 1.54) is 5.56 Å². The normalized spacial score (nSPS) is 11.7. The lowest BCUT2D eigenvalue weighted by Crippen LogP contribution is -2.36. The maximum Gasteiger partial charge on any atom is 0.0420 e. The standard InChI is InChI=1S/C13H20BrN/c1-3-9-13(15,10-4-2)11-7-5-6-8-12(11)14/h5-8H,3-4,9-10,15H2,1-2H3. The van der Waals surface area contributed by atoms with Gasteiger partial charge in [0, 0.05) is 10.0 Å². The summed E-state index contributed by atoms with van der Waals surface area (Å²) in [5, 5.41) is 0. The lowest BCUT2D eigenvalue weighted by Gasteiger charge is -2.30. The molecular weight excluding hydrogens is 250 g/mol. The fourth-order valence-corrected chi connectivity index (χ4v) is 2.83. The van der Waals surface area contributed by atoms with Crippen molar-refractivity contribution in [2.24, 2.45) is 5.73 Å². The molecule has 0 amide bonds. The van der Waals surface area contributed by atoms with Crippen LogP contribution in [0.15, 0.2) is 28.7 Å². The van der Waals surface area contributed by atoms with Gasteiger partial charge >= 0.3 is 0 Å². The van der Waals surface area contributed by atoms with Gasteiger partial charge in [-0.2, -0.15) is 0 Å². The van der Waals surface area contributed by atoms with Gasteiger partial charge in [-0.3, -0.25) is 0 Å². The molecule has 0 saturated carbocycles. The van der Waals surface area contributed by atoms with Crippen molar-refractivity contribution in [1.29, 1.82) is 0 Å². The minimum Gasteiger partial charge on any atom is -0.321 e. The average Bonchev–Trinajstić information content (AvgIpc) is 2.19. The summed E-state index contributed by atoms with van der Waals surface area (Å²) in [6, 6.07) is 8.30. The van der Waals surface area contributed by atoms with Crippen LogP contribution in [0.1, 0.15) is 45.1 Å². The molecule has 0 atom stereocenters. The second-order valence-electron chi connectivity index (χ2n) is 4.14. The van der Waals surface area contributed by atoms with E-state index in [0.29, 0.717) is 0 Å². The predicted octanol–water partition coefficient (Wildman–Crippen LogP) is 4.20. The largest absolute Gasteiger partial charge is 0.321 e. The van der Waals surface area contributed by atoms with Crippen molar-refractivity contribution in [3.8, 4) is 0 Å². The Morgan fingerprint density at radius 1 is 1.13 bits per heavy atom. The smallest absolute Gasteiger partial charge is 0.0420 e. The second kappa shape index (κ2) is 5.66. The summed E-state index contributed by atoms with van der Waals surface area (Å²) in [5.74, 6) is 0. The van der Waals surface area contributed by atoms with E-state index in [9.17, 15) is 0 Å². The SMILES string of the molecule is CCCC(N)(CCC)c1ccccc1Br. The van der Waals surface area contributed by atoms with Crippen LogP contribution in [-0.4, -0.2) is 0 Å². The van der Waals surface area contributed by atoms with Crippen LogP contribution in [0.25, 0.3) is 0 Å². The monoisotopic (exact) mass is 269 g/mol. The maximum atomic E-state index is 6.51. The molecule has 0 heterocycles. The number of hydrogen-bond acceptors (Lipinski definition) is 1. The van der Waals surface area contributed by atoms with E-state index in [4.69, 9.17) is 5.73 Å². The van der Waals surface area contributed by atoms with Crippen LogP contribution in [0.4, 0.5) is 0 Å². The molecule has 1 aromatic rings. The molecule has 0 unspecified atom stereocenters. The van der Waals surface area contributed by atoms with Gasteiger partial charge in [0.05, 0.1) is 0 Å². The highest BCUT2D eigenvalue weighted by Gasteiger charge is 2.26. The fraction of sp³-hybridized carbons (Fsp3) is 0.538. The summed E-state index contributed by atoms with van der Waals surface area (Å²) in [6.07, 6.45) is 4.34. The molecule has 0 fully saturated rings. The molecule has 2 N–H and O–H groups in total. The first-order valence-corrected chi connectivity index (χ1v) is 6.47. The summed E-state index contributed by atoms with van der Waals surface area (Å²) >= 11 is 3.59. The van der Waals surface area contributed by atoms with Crippen LogP contribution in [0.5, 0.6) is 0 Å². The first-order valence-electron chi connectivity index (χ1n) is 5.68. The Morgan fingerprint density at radius 2 is 1.67 bits per heavy atom. The third kappa shape index (κ3) is 3.05. The van der Waals surface area contributed by atoms with Gasteiger partial charge < -0.3 is 5.73 Å². The van der Waals surface area contributed by atoms with Crippen LogP contribution < -0.4 is 5.73 Å². The molecule has 2 heteroatoms. The Kier molecular flexibility index (Phi) is 4.81. The zero-order valence-corrected chi connectivity index (χ0v) is 11.2. The Bertz CT molecular complexity index is 303. The van der Waals surface area contributed by atoms with Gasteiger partial charge in [-0.25, -0.2) is 0 Å². The molecule has 0 aliphatic heterocycles. The van der Waals surface area contributed by atoms with Gasteiger partial charge in [-0.1, -0.05) is 60.8 Å². The van der Waals surface area contributed by atoms with Crippen molar-refractivity contribution in [3.63, 3.8) is 0 Å². The summed E-state index contributed by atoms with van der Waals surface area (Å²) < 4.78 is 1.13. The van der Waals surface area contributed by atoms with E-state index in [1.54, 1.807) is 0 Å². The Balaban J connectivity index is 3.03. The molecule has 1 aromatic carbocycles. The maximum absolute atomic E-state index is 6.51.